The number of rotatable bonds is 4. The number of hydrogen-bond acceptors (Lipinski definition) is 5. The largest absolute Gasteiger partial charge is 0.452 e. The van der Waals surface area contributed by atoms with Crippen molar-refractivity contribution in [1.29, 1.82) is 0 Å². The van der Waals surface area contributed by atoms with Crippen LogP contribution in [0.3, 0.4) is 0 Å². The summed E-state index contributed by atoms with van der Waals surface area (Å²) in [6.45, 7) is -0.428. The van der Waals surface area contributed by atoms with Crippen molar-refractivity contribution in [3.63, 3.8) is 0 Å². The van der Waals surface area contributed by atoms with Crippen LogP contribution in [0.15, 0.2) is 41.8 Å². The van der Waals surface area contributed by atoms with Gasteiger partial charge in [0, 0.05) is 10.3 Å². The van der Waals surface area contributed by atoms with Crippen LogP contribution in [-0.2, 0) is 16.0 Å². The van der Waals surface area contributed by atoms with Crippen molar-refractivity contribution in [2.45, 2.75) is 12.8 Å². The Labute approximate surface area is 154 Å². The Morgan fingerprint density at radius 1 is 1.19 bits per heavy atom. The highest BCUT2D eigenvalue weighted by atomic mass is 32.1. The van der Waals surface area contributed by atoms with Gasteiger partial charge in [-0.25, -0.2) is 9.78 Å². The molecule has 2 N–H and O–H groups in total. The molecule has 3 aromatic rings. The summed E-state index contributed by atoms with van der Waals surface area (Å²) in [4.78, 5) is 29.6. The smallest absolute Gasteiger partial charge is 0.339 e. The maximum atomic E-state index is 12.7. The van der Waals surface area contributed by atoms with Crippen LogP contribution < -0.4 is 5.73 Å². The standard InChI is InChI=1S/C20H16N2O3S/c21-17(23)11-25-20(24)18-14-5-1-2-6-16(14)22-19-12(7-8-15(18)19)10-13-4-3-9-26-13/h1-6,9-10H,7-8,11H2,(H2,21,23). The molecule has 0 atom stereocenters. The molecule has 1 aliphatic rings. The number of primary amides is 1. The first kappa shape index (κ1) is 16.5. The van der Waals surface area contributed by atoms with E-state index < -0.39 is 18.5 Å². The summed E-state index contributed by atoms with van der Waals surface area (Å²) in [6, 6.07) is 11.5. The minimum absolute atomic E-state index is 0.428. The third-order valence-electron chi connectivity index (χ3n) is 4.35. The zero-order valence-corrected chi connectivity index (χ0v) is 14.7. The molecule has 4 rings (SSSR count). The summed E-state index contributed by atoms with van der Waals surface area (Å²) in [6.07, 6.45) is 3.65. The number of amides is 1. The van der Waals surface area contributed by atoms with E-state index in [0.29, 0.717) is 12.0 Å². The Morgan fingerprint density at radius 3 is 2.81 bits per heavy atom. The average Bonchev–Trinajstić information content (AvgIpc) is 3.28. The second-order valence-electron chi connectivity index (χ2n) is 6.06. The number of nitrogens with zero attached hydrogens (tertiary/aromatic N) is 1. The third-order valence-corrected chi connectivity index (χ3v) is 5.17. The second-order valence-corrected chi connectivity index (χ2v) is 7.04. The summed E-state index contributed by atoms with van der Waals surface area (Å²) in [5, 5.41) is 2.76. The first-order valence-electron chi connectivity index (χ1n) is 8.25. The second kappa shape index (κ2) is 6.72. The summed E-state index contributed by atoms with van der Waals surface area (Å²) < 4.78 is 5.11. The average molecular weight is 364 g/mol. The molecule has 1 aromatic carbocycles. The predicted molar refractivity (Wildman–Crippen MR) is 102 cm³/mol. The fourth-order valence-electron chi connectivity index (χ4n) is 3.27. The predicted octanol–water partition coefficient (Wildman–Crippen LogP) is 3.43. The summed E-state index contributed by atoms with van der Waals surface area (Å²) in [7, 11) is 0. The van der Waals surface area contributed by atoms with Crippen molar-refractivity contribution in [1.82, 2.24) is 4.98 Å². The number of ether oxygens (including phenoxy) is 1. The number of hydrogen-bond donors (Lipinski definition) is 1. The molecule has 0 unspecified atom stereocenters. The molecule has 0 aliphatic heterocycles. The summed E-state index contributed by atoms with van der Waals surface area (Å²) in [5.74, 6) is -1.21. The third kappa shape index (κ3) is 2.99. The van der Waals surface area contributed by atoms with Gasteiger partial charge in [0.25, 0.3) is 5.91 Å². The Hall–Kier alpha value is -2.99. The molecule has 1 amide bonds. The quantitative estimate of drug-likeness (QED) is 0.719. The van der Waals surface area contributed by atoms with E-state index in [1.165, 1.54) is 0 Å². The van der Waals surface area contributed by atoms with E-state index in [4.69, 9.17) is 15.5 Å². The van der Waals surface area contributed by atoms with Gasteiger partial charge in [0.1, 0.15) is 0 Å². The lowest BCUT2D eigenvalue weighted by atomic mass is 10.0. The zero-order chi connectivity index (χ0) is 18.1. The van der Waals surface area contributed by atoms with Gasteiger partial charge in [0.05, 0.1) is 16.8 Å². The fourth-order valence-corrected chi connectivity index (χ4v) is 3.95. The number of carbonyl (C=O) groups excluding carboxylic acids is 2. The van der Waals surface area contributed by atoms with Gasteiger partial charge in [0.2, 0.25) is 0 Å². The van der Waals surface area contributed by atoms with Crippen LogP contribution in [-0.4, -0.2) is 23.5 Å². The minimum atomic E-state index is -0.674. The molecule has 0 saturated heterocycles. The van der Waals surface area contributed by atoms with Crippen LogP contribution in [0.5, 0.6) is 0 Å². The lowest BCUT2D eigenvalue weighted by molar-refractivity contribution is -0.121. The van der Waals surface area contributed by atoms with Crippen molar-refractivity contribution >= 4 is 45.8 Å². The van der Waals surface area contributed by atoms with Crippen LogP contribution in [0, 0.1) is 0 Å². The topological polar surface area (TPSA) is 82.3 Å². The molecule has 0 fully saturated rings. The first-order valence-corrected chi connectivity index (χ1v) is 9.13. The first-order chi connectivity index (χ1) is 12.6. The Bertz CT molecular complexity index is 1040. The van der Waals surface area contributed by atoms with E-state index in [2.05, 4.69) is 12.1 Å². The van der Waals surface area contributed by atoms with Crippen LogP contribution in [0.1, 0.15) is 32.9 Å². The van der Waals surface area contributed by atoms with Crippen LogP contribution in [0.4, 0.5) is 0 Å². The highest BCUT2D eigenvalue weighted by molar-refractivity contribution is 7.10. The zero-order valence-electron chi connectivity index (χ0n) is 13.9. The SMILES string of the molecule is NC(=O)COC(=O)c1c2c(nc3ccccc13)C(=Cc1cccs1)CC2. The molecule has 6 heteroatoms. The van der Waals surface area contributed by atoms with Crippen molar-refractivity contribution in [2.24, 2.45) is 5.73 Å². The van der Waals surface area contributed by atoms with E-state index in [-0.39, 0.29) is 0 Å². The number of allylic oxidation sites excluding steroid dienone is 1. The Balaban J connectivity index is 1.86. The number of carbonyl (C=O) groups is 2. The molecular weight excluding hydrogens is 348 g/mol. The van der Waals surface area contributed by atoms with Gasteiger partial charge < -0.3 is 10.5 Å². The lowest BCUT2D eigenvalue weighted by Crippen LogP contribution is -2.21. The molecule has 0 saturated carbocycles. The van der Waals surface area contributed by atoms with Crippen LogP contribution in [0.25, 0.3) is 22.6 Å². The van der Waals surface area contributed by atoms with Gasteiger partial charge in [-0.15, -0.1) is 11.3 Å². The normalized spacial score (nSPS) is 14.5. The Kier molecular flexibility index (Phi) is 4.26. The highest BCUT2D eigenvalue weighted by Gasteiger charge is 2.27. The van der Waals surface area contributed by atoms with Crippen LogP contribution >= 0.6 is 11.3 Å². The number of aromatic nitrogens is 1. The minimum Gasteiger partial charge on any atom is -0.452 e. The molecule has 0 bridgehead atoms. The number of pyridine rings is 1. The molecular formula is C20H16N2O3S. The molecule has 2 aromatic heterocycles. The van der Waals surface area contributed by atoms with E-state index in [1.54, 1.807) is 11.3 Å². The Morgan fingerprint density at radius 2 is 2.04 bits per heavy atom. The molecule has 26 heavy (non-hydrogen) atoms. The van der Waals surface area contributed by atoms with Gasteiger partial charge in [-0.1, -0.05) is 24.3 Å². The molecule has 0 radical (unpaired) electrons. The maximum absolute atomic E-state index is 12.7. The number of esters is 1. The van der Waals surface area contributed by atoms with Crippen LogP contribution in [0.2, 0.25) is 0 Å². The summed E-state index contributed by atoms with van der Waals surface area (Å²) >= 11 is 1.66. The van der Waals surface area contributed by atoms with Gasteiger partial charge in [-0.05, 0) is 47.6 Å². The number of nitrogens with two attached hydrogens (primary N) is 1. The van der Waals surface area contributed by atoms with E-state index in [9.17, 15) is 9.59 Å². The summed E-state index contributed by atoms with van der Waals surface area (Å²) in [5.41, 5.74) is 9.15. The van der Waals surface area contributed by atoms with Gasteiger partial charge in [-0.2, -0.15) is 0 Å². The van der Waals surface area contributed by atoms with Crippen molar-refractivity contribution in [3.05, 3.63) is 63.5 Å². The van der Waals surface area contributed by atoms with E-state index in [1.807, 2.05) is 35.7 Å². The molecule has 130 valence electrons. The number of para-hydroxylation sites is 1. The number of fused-ring (bicyclic) bond motifs is 2. The van der Waals surface area contributed by atoms with Crippen molar-refractivity contribution < 1.29 is 14.3 Å². The fraction of sp³-hybridized carbons (Fsp3) is 0.150. The molecule has 5 nitrogen and oxygen atoms in total. The lowest BCUT2D eigenvalue weighted by Gasteiger charge is -2.11. The molecule has 2 heterocycles. The van der Waals surface area contributed by atoms with Crippen molar-refractivity contribution in [2.75, 3.05) is 6.61 Å². The maximum Gasteiger partial charge on any atom is 0.339 e. The monoisotopic (exact) mass is 364 g/mol. The van der Waals surface area contributed by atoms with E-state index in [0.717, 1.165) is 39.0 Å². The van der Waals surface area contributed by atoms with Crippen molar-refractivity contribution in [3.8, 4) is 0 Å². The number of benzene rings is 1. The van der Waals surface area contributed by atoms with E-state index >= 15 is 0 Å². The van der Waals surface area contributed by atoms with Gasteiger partial charge >= 0.3 is 5.97 Å². The molecule has 1 aliphatic carbocycles. The highest BCUT2D eigenvalue weighted by Crippen LogP contribution is 2.38. The number of thiophene rings is 1. The van der Waals surface area contributed by atoms with Gasteiger partial charge in [-0.3, -0.25) is 4.79 Å². The van der Waals surface area contributed by atoms with Gasteiger partial charge in [0.15, 0.2) is 6.61 Å². The molecule has 0 spiro atoms.